The average molecular weight is 209 g/mol. The first-order valence-electron chi connectivity index (χ1n) is 5.76. The average Bonchev–Trinajstić information content (AvgIpc) is 2.28. The van der Waals surface area contributed by atoms with Crippen LogP contribution in [0.4, 0.5) is 0 Å². The summed E-state index contributed by atoms with van der Waals surface area (Å²) in [7, 11) is 2.17. The van der Waals surface area contributed by atoms with E-state index < -0.39 is 0 Å². The van der Waals surface area contributed by atoms with Crippen LogP contribution in [0.25, 0.3) is 0 Å². The molecule has 0 spiro atoms. The minimum absolute atomic E-state index is 0.169. The second-order valence-electron chi connectivity index (χ2n) is 4.39. The van der Waals surface area contributed by atoms with Crippen molar-refractivity contribution < 1.29 is 0 Å². The van der Waals surface area contributed by atoms with E-state index in [0.29, 0.717) is 0 Å². The van der Waals surface area contributed by atoms with E-state index in [0.717, 1.165) is 45.4 Å². The van der Waals surface area contributed by atoms with Gasteiger partial charge in [-0.15, -0.1) is 11.8 Å². The summed E-state index contributed by atoms with van der Waals surface area (Å²) in [4.78, 5) is 2.36. The number of nitrogens with one attached hydrogen (secondary N) is 1. The third-order valence-electron chi connectivity index (χ3n) is 3.26. The molecular weight excluding hydrogens is 186 g/mol. The van der Waals surface area contributed by atoms with Crippen molar-refractivity contribution >= 4 is 0 Å². The van der Waals surface area contributed by atoms with Crippen molar-refractivity contribution in [3.8, 4) is 11.8 Å². The Bertz CT molecular complexity index is 231. The largest absolute Gasteiger partial charge is 0.329 e. The second-order valence-corrected chi connectivity index (χ2v) is 4.39. The van der Waals surface area contributed by atoms with E-state index in [1.54, 1.807) is 0 Å². The molecule has 0 amide bonds. The Balaban J connectivity index is 2.35. The highest BCUT2D eigenvalue weighted by molar-refractivity contribution is 4.98. The molecule has 3 nitrogen and oxygen atoms in total. The highest BCUT2D eigenvalue weighted by Gasteiger charge is 2.31. The molecule has 15 heavy (non-hydrogen) atoms. The summed E-state index contributed by atoms with van der Waals surface area (Å²) in [6.07, 6.45) is 3.23. The van der Waals surface area contributed by atoms with Gasteiger partial charge in [0.2, 0.25) is 0 Å². The molecule has 0 atom stereocenters. The molecule has 0 unspecified atom stereocenters. The number of hydrogen-bond acceptors (Lipinski definition) is 3. The first-order valence-corrected chi connectivity index (χ1v) is 5.76. The van der Waals surface area contributed by atoms with Gasteiger partial charge in [-0.1, -0.05) is 0 Å². The maximum atomic E-state index is 5.88. The number of nitrogens with zero attached hydrogens (tertiary/aromatic N) is 1. The maximum Gasteiger partial charge on any atom is 0.0328 e. The van der Waals surface area contributed by atoms with Crippen molar-refractivity contribution in [1.29, 1.82) is 0 Å². The van der Waals surface area contributed by atoms with Gasteiger partial charge in [0.15, 0.2) is 0 Å². The van der Waals surface area contributed by atoms with Gasteiger partial charge in [-0.3, -0.25) is 0 Å². The van der Waals surface area contributed by atoms with Crippen LogP contribution in [-0.4, -0.2) is 43.7 Å². The first kappa shape index (κ1) is 12.5. The van der Waals surface area contributed by atoms with E-state index in [9.17, 15) is 0 Å². The summed E-state index contributed by atoms with van der Waals surface area (Å²) in [6, 6.07) is 0. The van der Waals surface area contributed by atoms with E-state index >= 15 is 0 Å². The lowest BCUT2D eigenvalue weighted by Gasteiger charge is -2.40. The van der Waals surface area contributed by atoms with Crippen molar-refractivity contribution in [2.75, 3.05) is 33.2 Å². The van der Waals surface area contributed by atoms with Gasteiger partial charge in [-0.2, -0.15) is 0 Å². The molecule has 1 rings (SSSR count). The van der Waals surface area contributed by atoms with Crippen molar-refractivity contribution in [1.82, 2.24) is 10.2 Å². The predicted octanol–water partition coefficient (Wildman–Crippen LogP) is 0.413. The Morgan fingerprint density at radius 3 is 2.60 bits per heavy atom. The topological polar surface area (TPSA) is 41.3 Å². The molecule has 0 saturated carbocycles. The van der Waals surface area contributed by atoms with Gasteiger partial charge in [0.25, 0.3) is 0 Å². The Kier molecular flexibility index (Phi) is 5.10. The molecular formula is C12H23N3. The lowest BCUT2D eigenvalue weighted by Crippen LogP contribution is -2.57. The minimum atomic E-state index is 0.169. The molecule has 1 heterocycles. The van der Waals surface area contributed by atoms with E-state index in [2.05, 4.69) is 29.1 Å². The highest BCUT2D eigenvalue weighted by Crippen LogP contribution is 2.20. The zero-order valence-corrected chi connectivity index (χ0v) is 9.97. The zero-order chi connectivity index (χ0) is 11.1. The predicted molar refractivity (Wildman–Crippen MR) is 64.6 cm³/mol. The third-order valence-corrected chi connectivity index (χ3v) is 3.26. The molecule has 1 fully saturated rings. The van der Waals surface area contributed by atoms with Crippen molar-refractivity contribution in [2.45, 2.75) is 31.7 Å². The summed E-state index contributed by atoms with van der Waals surface area (Å²) in [6.45, 7) is 5.86. The van der Waals surface area contributed by atoms with Crippen LogP contribution in [-0.2, 0) is 0 Å². The number of piperidine rings is 1. The Morgan fingerprint density at radius 1 is 1.40 bits per heavy atom. The second kappa shape index (κ2) is 6.12. The summed E-state index contributed by atoms with van der Waals surface area (Å²) in [5, 5.41) is 3.59. The summed E-state index contributed by atoms with van der Waals surface area (Å²) < 4.78 is 0. The van der Waals surface area contributed by atoms with Crippen molar-refractivity contribution in [3.63, 3.8) is 0 Å². The minimum Gasteiger partial charge on any atom is -0.329 e. The smallest absolute Gasteiger partial charge is 0.0328 e. The van der Waals surface area contributed by atoms with Crippen LogP contribution < -0.4 is 11.1 Å². The van der Waals surface area contributed by atoms with Gasteiger partial charge in [0.05, 0.1) is 0 Å². The quantitative estimate of drug-likeness (QED) is 0.520. The summed E-state index contributed by atoms with van der Waals surface area (Å²) in [5.74, 6) is 5.99. The summed E-state index contributed by atoms with van der Waals surface area (Å²) >= 11 is 0. The van der Waals surface area contributed by atoms with Crippen LogP contribution in [0.3, 0.4) is 0 Å². The Morgan fingerprint density at radius 2 is 2.07 bits per heavy atom. The van der Waals surface area contributed by atoms with E-state index in [1.807, 2.05) is 6.92 Å². The SMILES string of the molecule is CC#CCCNC1(CN)CCN(C)CC1. The van der Waals surface area contributed by atoms with E-state index in [1.165, 1.54) is 0 Å². The summed E-state index contributed by atoms with van der Waals surface area (Å²) in [5.41, 5.74) is 6.05. The van der Waals surface area contributed by atoms with Gasteiger partial charge < -0.3 is 16.0 Å². The van der Waals surface area contributed by atoms with Crippen LogP contribution in [0.15, 0.2) is 0 Å². The van der Waals surface area contributed by atoms with Crippen LogP contribution in [0, 0.1) is 11.8 Å². The molecule has 3 heteroatoms. The van der Waals surface area contributed by atoms with Crippen molar-refractivity contribution in [3.05, 3.63) is 0 Å². The fourth-order valence-corrected chi connectivity index (χ4v) is 2.01. The molecule has 0 aromatic carbocycles. The molecule has 0 aromatic rings. The monoisotopic (exact) mass is 209 g/mol. The number of likely N-dealkylation sites (tertiary alicyclic amines) is 1. The molecule has 0 radical (unpaired) electrons. The first-order chi connectivity index (χ1) is 7.22. The zero-order valence-electron chi connectivity index (χ0n) is 9.97. The highest BCUT2D eigenvalue weighted by atomic mass is 15.1. The van der Waals surface area contributed by atoms with Crippen molar-refractivity contribution in [2.24, 2.45) is 5.73 Å². The standard InChI is InChI=1S/C12H23N3/c1-3-4-5-8-14-12(11-13)6-9-15(2)10-7-12/h14H,5-11,13H2,1-2H3. The fraction of sp³-hybridized carbons (Fsp3) is 0.833. The molecule has 3 N–H and O–H groups in total. The number of hydrogen-bond donors (Lipinski definition) is 2. The van der Waals surface area contributed by atoms with Crippen LogP contribution in [0.1, 0.15) is 26.2 Å². The molecule has 0 aromatic heterocycles. The van der Waals surface area contributed by atoms with Crippen LogP contribution in [0.2, 0.25) is 0 Å². The molecule has 0 aliphatic carbocycles. The molecule has 1 aliphatic rings. The van der Waals surface area contributed by atoms with Crippen LogP contribution in [0.5, 0.6) is 0 Å². The fourth-order valence-electron chi connectivity index (χ4n) is 2.01. The number of nitrogens with two attached hydrogens (primary N) is 1. The van der Waals surface area contributed by atoms with Gasteiger partial charge in [0, 0.05) is 25.0 Å². The Labute approximate surface area is 93.4 Å². The normalized spacial score (nSPS) is 20.7. The molecule has 0 bridgehead atoms. The van der Waals surface area contributed by atoms with E-state index in [4.69, 9.17) is 5.73 Å². The van der Waals surface area contributed by atoms with Crippen LogP contribution >= 0.6 is 0 Å². The molecule has 1 saturated heterocycles. The maximum absolute atomic E-state index is 5.88. The third kappa shape index (κ3) is 3.83. The van der Waals surface area contributed by atoms with Gasteiger partial charge in [-0.25, -0.2) is 0 Å². The Hall–Kier alpha value is -0.560. The van der Waals surface area contributed by atoms with Gasteiger partial charge in [-0.05, 0) is 39.9 Å². The number of rotatable bonds is 4. The lowest BCUT2D eigenvalue weighted by atomic mass is 9.87. The van der Waals surface area contributed by atoms with Gasteiger partial charge in [0.1, 0.15) is 0 Å². The lowest BCUT2D eigenvalue weighted by molar-refractivity contribution is 0.163. The molecule has 1 aliphatic heterocycles. The molecule has 86 valence electrons. The van der Waals surface area contributed by atoms with Gasteiger partial charge >= 0.3 is 0 Å². The van der Waals surface area contributed by atoms with E-state index in [-0.39, 0.29) is 5.54 Å².